The van der Waals surface area contributed by atoms with Crippen molar-refractivity contribution in [3.8, 4) is 0 Å². The predicted octanol–water partition coefficient (Wildman–Crippen LogP) is -0.714. The number of hydrogen-bond acceptors (Lipinski definition) is 16. The van der Waals surface area contributed by atoms with E-state index in [-0.39, 0.29) is 29.4 Å². The quantitative estimate of drug-likeness (QED) is 0.123. The monoisotopic (exact) mass is 640 g/mol. The highest BCUT2D eigenvalue weighted by Gasteiger charge is 2.50. The third-order valence-electron chi connectivity index (χ3n) is 7.33. The van der Waals surface area contributed by atoms with Crippen molar-refractivity contribution in [2.24, 2.45) is 0 Å². The summed E-state index contributed by atoms with van der Waals surface area (Å²) in [6, 6.07) is 0. The van der Waals surface area contributed by atoms with Crippen molar-refractivity contribution in [2.45, 2.75) is 54.1 Å². The van der Waals surface area contributed by atoms with Crippen LogP contribution in [0.25, 0.3) is 22.3 Å². The summed E-state index contributed by atoms with van der Waals surface area (Å²) in [4.78, 5) is 46.0. The highest BCUT2D eigenvalue weighted by atomic mass is 32.2. The average molecular weight is 641 g/mol. The Kier molecular flexibility index (Phi) is 7.68. The van der Waals surface area contributed by atoms with Crippen molar-refractivity contribution in [3.63, 3.8) is 0 Å². The van der Waals surface area contributed by atoms with E-state index in [1.165, 1.54) is 30.7 Å². The lowest BCUT2D eigenvalue weighted by molar-refractivity contribution is -0.103. The Morgan fingerprint density at radius 3 is 2.70 bits per heavy atom. The number of aromatic nitrogens is 8. The van der Waals surface area contributed by atoms with Crippen LogP contribution in [0.1, 0.15) is 24.9 Å². The fraction of sp³-hybridized carbons (Fsp3) is 0.545. The summed E-state index contributed by atoms with van der Waals surface area (Å²) in [6.07, 6.45) is 0.308. The van der Waals surface area contributed by atoms with Crippen LogP contribution < -0.4 is 17.0 Å². The molecule has 2 aliphatic rings. The minimum atomic E-state index is -4.86. The van der Waals surface area contributed by atoms with Gasteiger partial charge in [-0.05, 0) is 6.92 Å². The Labute approximate surface area is 246 Å². The van der Waals surface area contributed by atoms with Crippen molar-refractivity contribution in [1.82, 2.24) is 39.0 Å². The number of methoxy groups -OCH3 is 1. The van der Waals surface area contributed by atoms with Gasteiger partial charge in [-0.1, -0.05) is 0 Å². The Morgan fingerprint density at radius 2 is 1.95 bits per heavy atom. The number of hydrogen-bond donors (Lipinski definition) is 6. The Bertz CT molecular complexity index is 1770. The summed E-state index contributed by atoms with van der Waals surface area (Å²) in [5, 5.41) is 19.0. The summed E-state index contributed by atoms with van der Waals surface area (Å²) >= 11 is 1.05. The molecule has 0 aliphatic carbocycles. The van der Waals surface area contributed by atoms with Crippen molar-refractivity contribution in [3.05, 3.63) is 29.3 Å². The lowest BCUT2D eigenvalue weighted by Gasteiger charge is -2.28. The van der Waals surface area contributed by atoms with Crippen molar-refractivity contribution < 1.29 is 38.2 Å². The van der Waals surface area contributed by atoms with E-state index >= 15 is 0 Å². The van der Waals surface area contributed by atoms with Gasteiger partial charge in [0.25, 0.3) is 5.56 Å². The maximum Gasteiger partial charge on any atom is 0.472 e. The van der Waals surface area contributed by atoms with E-state index in [9.17, 15) is 24.5 Å². The van der Waals surface area contributed by atoms with E-state index < -0.39 is 67.4 Å². The molecule has 43 heavy (non-hydrogen) atoms. The van der Waals surface area contributed by atoms with Crippen molar-refractivity contribution in [2.75, 3.05) is 31.8 Å². The van der Waals surface area contributed by atoms with E-state index in [4.69, 9.17) is 30.0 Å². The highest BCUT2D eigenvalue weighted by Crippen LogP contribution is 2.54. The molecule has 1 unspecified atom stereocenters. The van der Waals surface area contributed by atoms with Gasteiger partial charge in [-0.15, -0.1) is 11.8 Å². The number of nitrogens with one attached hydrogen (secondary N) is 1. The van der Waals surface area contributed by atoms with E-state index in [2.05, 4.69) is 29.9 Å². The molecule has 4 aromatic heterocycles. The SMILES string of the molecule is CO[C@@H]1C[C@](C)(COP(=O)(O)O[C@@H]2[C@H](O)[C@@H](CO)S[C@H]2n2cnc3c(=O)[nH]c(N)nc32)O[C@H]1n1cnc2c(N)ncnc21. The number of imidazole rings is 2. The molecule has 6 heterocycles. The second-order valence-electron chi connectivity index (χ2n) is 10.3. The molecule has 6 rings (SSSR count). The van der Waals surface area contributed by atoms with E-state index in [1.807, 2.05) is 0 Å². The van der Waals surface area contributed by atoms with Crippen LogP contribution >= 0.6 is 19.6 Å². The molecule has 4 aromatic rings. The predicted molar refractivity (Wildman–Crippen MR) is 150 cm³/mol. The second kappa shape index (κ2) is 11.1. The van der Waals surface area contributed by atoms with Crippen LogP contribution in [-0.2, 0) is 23.1 Å². The molecule has 2 aliphatic heterocycles. The maximum atomic E-state index is 13.2. The number of ether oxygens (including phenoxy) is 2. The van der Waals surface area contributed by atoms with Crippen molar-refractivity contribution in [1.29, 1.82) is 0 Å². The first-order valence-corrected chi connectivity index (χ1v) is 15.3. The van der Waals surface area contributed by atoms with Gasteiger partial charge in [0.15, 0.2) is 28.9 Å². The zero-order valence-electron chi connectivity index (χ0n) is 22.7. The van der Waals surface area contributed by atoms with Gasteiger partial charge in [0.2, 0.25) is 5.95 Å². The van der Waals surface area contributed by atoms with Gasteiger partial charge in [-0.2, -0.15) is 4.98 Å². The van der Waals surface area contributed by atoms with Crippen LogP contribution in [0.4, 0.5) is 11.8 Å². The number of aromatic amines is 1. The van der Waals surface area contributed by atoms with Crippen LogP contribution in [0.2, 0.25) is 0 Å². The first-order chi connectivity index (χ1) is 20.4. The summed E-state index contributed by atoms with van der Waals surface area (Å²) in [7, 11) is -3.36. The third-order valence-corrected chi connectivity index (χ3v) is 9.84. The molecule has 8 atom stereocenters. The molecule has 19 nitrogen and oxygen atoms in total. The maximum absolute atomic E-state index is 13.2. The number of nitrogen functional groups attached to an aromatic ring is 2. The summed E-state index contributed by atoms with van der Waals surface area (Å²) < 4.78 is 39.0. The van der Waals surface area contributed by atoms with Gasteiger partial charge in [0, 0.05) is 13.5 Å². The van der Waals surface area contributed by atoms with Gasteiger partial charge in [-0.25, -0.2) is 24.5 Å². The first-order valence-electron chi connectivity index (χ1n) is 12.9. The van der Waals surface area contributed by atoms with E-state index in [0.29, 0.717) is 11.2 Å². The number of aliphatic hydroxyl groups is 2. The number of thioether (sulfide) groups is 1. The Balaban J connectivity index is 1.20. The van der Waals surface area contributed by atoms with Crippen LogP contribution in [0.5, 0.6) is 0 Å². The highest BCUT2D eigenvalue weighted by molar-refractivity contribution is 8.00. The minimum Gasteiger partial charge on any atom is -0.395 e. The number of phosphoric acid groups is 1. The topological polar surface area (TPSA) is 274 Å². The second-order valence-corrected chi connectivity index (χ2v) is 13.1. The fourth-order valence-corrected chi connectivity index (χ4v) is 7.81. The number of anilines is 2. The molecular formula is C22H29N10O9PS. The Hall–Kier alpha value is -3.20. The average Bonchev–Trinajstić information content (AvgIpc) is 3.72. The number of nitrogens with zero attached hydrogens (tertiary/aromatic N) is 7. The molecular weight excluding hydrogens is 611 g/mol. The minimum absolute atomic E-state index is 0.0349. The summed E-state index contributed by atoms with van der Waals surface area (Å²) in [5.74, 6) is 0.0242. The van der Waals surface area contributed by atoms with Gasteiger partial charge in [-0.3, -0.25) is 28.0 Å². The molecule has 2 saturated heterocycles. The first kappa shape index (κ1) is 29.9. The molecule has 0 spiro atoms. The summed E-state index contributed by atoms with van der Waals surface area (Å²) in [5.41, 5.74) is 10.7. The number of aliphatic hydroxyl groups excluding tert-OH is 2. The van der Waals surface area contributed by atoms with Crippen LogP contribution in [0.15, 0.2) is 23.8 Å². The van der Waals surface area contributed by atoms with Crippen LogP contribution in [-0.4, -0.2) is 104 Å². The van der Waals surface area contributed by atoms with Gasteiger partial charge in [0.1, 0.15) is 29.4 Å². The van der Waals surface area contributed by atoms with Gasteiger partial charge >= 0.3 is 7.82 Å². The number of nitrogens with two attached hydrogens (primary N) is 2. The molecule has 0 bridgehead atoms. The zero-order chi connectivity index (χ0) is 30.7. The molecule has 21 heteroatoms. The lowest BCUT2D eigenvalue weighted by Crippen LogP contribution is -2.35. The number of phosphoric ester groups is 1. The molecule has 2 fully saturated rings. The fourth-order valence-electron chi connectivity index (χ4n) is 5.26. The van der Waals surface area contributed by atoms with E-state index in [1.54, 1.807) is 11.5 Å². The molecule has 0 amide bonds. The third kappa shape index (κ3) is 5.38. The smallest absolute Gasteiger partial charge is 0.395 e. The van der Waals surface area contributed by atoms with Crippen molar-refractivity contribution >= 4 is 53.7 Å². The number of rotatable bonds is 9. The normalized spacial score (nSPS) is 30.8. The number of fused-ring (bicyclic) bond motifs is 2. The molecule has 8 N–H and O–H groups in total. The van der Waals surface area contributed by atoms with Crippen LogP contribution in [0.3, 0.4) is 0 Å². The molecule has 232 valence electrons. The Morgan fingerprint density at radius 1 is 1.21 bits per heavy atom. The van der Waals surface area contributed by atoms with E-state index in [0.717, 1.165) is 11.8 Å². The lowest BCUT2D eigenvalue weighted by atomic mass is 10.0. The van der Waals surface area contributed by atoms with Gasteiger partial charge < -0.3 is 36.0 Å². The van der Waals surface area contributed by atoms with Gasteiger partial charge in [0.05, 0.1) is 42.8 Å². The van der Waals surface area contributed by atoms with Crippen LogP contribution in [0, 0.1) is 0 Å². The largest absolute Gasteiger partial charge is 0.472 e. The summed E-state index contributed by atoms with van der Waals surface area (Å²) in [6.45, 7) is 0.816. The molecule has 0 saturated carbocycles. The zero-order valence-corrected chi connectivity index (χ0v) is 24.5. The number of H-pyrrole nitrogens is 1. The molecule has 0 aromatic carbocycles. The standard InChI is InChI=1S/C22H29N10O9PS/c1-22(3-9(38-2)19(40-22)31-7-27-11-15(23)25-6-26-16(11)31)5-39-42(36,37)41-14-13(34)10(4-33)43-20(14)32-8-28-12-17(32)29-21(24)30-18(12)35/h6-10,13-14,19-20,33-34H,3-5H2,1-2H3,(H,36,37)(H2,23,25,26)(H3,24,29,30,35)/t9-,10-,13-,14-,19-,20-,22-/m1/s1. The molecule has 0 radical (unpaired) electrons.